The lowest BCUT2D eigenvalue weighted by atomic mass is 10.2. The maximum atomic E-state index is 12.0. The summed E-state index contributed by atoms with van der Waals surface area (Å²) in [6, 6.07) is 13.1. The molecule has 0 aliphatic carbocycles. The van der Waals surface area contributed by atoms with Gasteiger partial charge in [0.2, 0.25) is 5.91 Å². The summed E-state index contributed by atoms with van der Waals surface area (Å²) in [5.74, 6) is 1.10. The molecule has 0 aliphatic heterocycles. The van der Waals surface area contributed by atoms with Crippen molar-refractivity contribution in [3.63, 3.8) is 0 Å². The summed E-state index contributed by atoms with van der Waals surface area (Å²) in [6.45, 7) is 1.93. The van der Waals surface area contributed by atoms with Crippen LogP contribution >= 0.6 is 23.4 Å². The van der Waals surface area contributed by atoms with Crippen LogP contribution in [0.25, 0.3) is 0 Å². The van der Waals surface area contributed by atoms with Gasteiger partial charge in [0.15, 0.2) is 0 Å². The predicted octanol–water partition coefficient (Wildman–Crippen LogP) is 4.39. The van der Waals surface area contributed by atoms with Crippen LogP contribution in [-0.2, 0) is 4.79 Å². The summed E-state index contributed by atoms with van der Waals surface area (Å²) in [6.07, 6.45) is 0. The topological polar surface area (TPSA) is 38.3 Å². The van der Waals surface area contributed by atoms with E-state index in [1.54, 1.807) is 19.2 Å². The minimum absolute atomic E-state index is 0.0545. The molecule has 0 bridgehead atoms. The third kappa shape index (κ3) is 4.69. The molecule has 0 aliphatic rings. The standard InChI is InChI=1S/C16H16ClNO2S/c1-11-3-4-12(17)9-15(11)18-16(19)10-21-14-7-5-13(20-2)6-8-14/h3-9H,10H2,1-2H3,(H,18,19). The van der Waals surface area contributed by atoms with Gasteiger partial charge in [-0.15, -0.1) is 11.8 Å². The molecule has 2 rings (SSSR count). The Balaban J connectivity index is 1.91. The Kier molecular flexibility index (Phi) is 5.53. The van der Waals surface area contributed by atoms with Crippen molar-refractivity contribution in [2.75, 3.05) is 18.2 Å². The van der Waals surface area contributed by atoms with Crippen LogP contribution in [-0.4, -0.2) is 18.8 Å². The lowest BCUT2D eigenvalue weighted by molar-refractivity contribution is -0.113. The molecule has 110 valence electrons. The molecule has 0 heterocycles. The zero-order valence-corrected chi connectivity index (χ0v) is 13.4. The minimum atomic E-state index is -0.0545. The second-order valence-electron chi connectivity index (χ2n) is 4.47. The van der Waals surface area contributed by atoms with E-state index in [2.05, 4.69) is 5.32 Å². The molecule has 1 amide bonds. The molecule has 0 fully saturated rings. The molecule has 1 N–H and O–H groups in total. The fourth-order valence-corrected chi connectivity index (χ4v) is 2.61. The van der Waals surface area contributed by atoms with Gasteiger partial charge in [-0.3, -0.25) is 4.79 Å². The molecule has 3 nitrogen and oxygen atoms in total. The Bertz CT molecular complexity index is 629. The molecule has 2 aromatic carbocycles. The molecule has 5 heteroatoms. The number of nitrogens with one attached hydrogen (secondary N) is 1. The van der Waals surface area contributed by atoms with Crippen LogP contribution < -0.4 is 10.1 Å². The zero-order valence-electron chi connectivity index (χ0n) is 11.9. The van der Waals surface area contributed by atoms with E-state index < -0.39 is 0 Å². The maximum absolute atomic E-state index is 12.0. The smallest absolute Gasteiger partial charge is 0.234 e. The van der Waals surface area contributed by atoms with E-state index in [0.29, 0.717) is 10.8 Å². The first kappa shape index (κ1) is 15.7. The fourth-order valence-electron chi connectivity index (χ4n) is 1.74. The average molecular weight is 322 g/mol. The summed E-state index contributed by atoms with van der Waals surface area (Å²) < 4.78 is 5.10. The minimum Gasteiger partial charge on any atom is -0.497 e. The molecular formula is C16H16ClNO2S. The lowest BCUT2D eigenvalue weighted by Crippen LogP contribution is -2.14. The molecule has 0 aromatic heterocycles. The van der Waals surface area contributed by atoms with Crippen LogP contribution in [0.15, 0.2) is 47.4 Å². The number of rotatable bonds is 5. The van der Waals surface area contributed by atoms with E-state index in [9.17, 15) is 4.79 Å². The molecular weight excluding hydrogens is 306 g/mol. The Hall–Kier alpha value is -1.65. The summed E-state index contributed by atoms with van der Waals surface area (Å²) in [5.41, 5.74) is 1.74. The van der Waals surface area contributed by atoms with Crippen LogP contribution in [0.3, 0.4) is 0 Å². The van der Waals surface area contributed by atoms with E-state index in [4.69, 9.17) is 16.3 Å². The van der Waals surface area contributed by atoms with Crippen molar-refractivity contribution in [2.24, 2.45) is 0 Å². The molecule has 0 atom stereocenters. The largest absolute Gasteiger partial charge is 0.497 e. The average Bonchev–Trinajstić information content (AvgIpc) is 2.49. The number of carbonyl (C=O) groups is 1. The second kappa shape index (κ2) is 7.38. The number of amides is 1. The number of benzene rings is 2. The van der Waals surface area contributed by atoms with Crippen LogP contribution in [0, 0.1) is 6.92 Å². The Morgan fingerprint density at radius 2 is 1.95 bits per heavy atom. The van der Waals surface area contributed by atoms with Gasteiger partial charge in [-0.25, -0.2) is 0 Å². The monoisotopic (exact) mass is 321 g/mol. The van der Waals surface area contributed by atoms with Crippen LogP contribution in [0.5, 0.6) is 5.75 Å². The van der Waals surface area contributed by atoms with Crippen molar-refractivity contribution in [1.82, 2.24) is 0 Å². The number of anilines is 1. The van der Waals surface area contributed by atoms with E-state index in [-0.39, 0.29) is 5.91 Å². The summed E-state index contributed by atoms with van der Waals surface area (Å²) >= 11 is 7.41. The van der Waals surface area contributed by atoms with Gasteiger partial charge in [0.05, 0.1) is 12.9 Å². The fraction of sp³-hybridized carbons (Fsp3) is 0.188. The van der Waals surface area contributed by atoms with Crippen molar-refractivity contribution in [3.8, 4) is 5.75 Å². The molecule has 0 spiro atoms. The van der Waals surface area contributed by atoms with E-state index in [1.807, 2.05) is 37.3 Å². The normalized spacial score (nSPS) is 10.2. The molecule has 2 aromatic rings. The van der Waals surface area contributed by atoms with Crippen molar-refractivity contribution in [2.45, 2.75) is 11.8 Å². The molecule has 0 saturated heterocycles. The lowest BCUT2D eigenvalue weighted by Gasteiger charge is -2.09. The van der Waals surface area contributed by atoms with Gasteiger partial charge in [0, 0.05) is 15.6 Å². The Morgan fingerprint density at radius 1 is 1.24 bits per heavy atom. The number of methoxy groups -OCH3 is 1. The maximum Gasteiger partial charge on any atom is 0.234 e. The molecule has 0 unspecified atom stereocenters. The highest BCUT2D eigenvalue weighted by molar-refractivity contribution is 8.00. The summed E-state index contributed by atoms with van der Waals surface area (Å²) in [7, 11) is 1.63. The first-order valence-electron chi connectivity index (χ1n) is 6.41. The van der Waals surface area contributed by atoms with Crippen LogP contribution in [0.4, 0.5) is 5.69 Å². The van der Waals surface area contributed by atoms with Gasteiger partial charge in [-0.1, -0.05) is 17.7 Å². The van der Waals surface area contributed by atoms with Gasteiger partial charge in [0.25, 0.3) is 0 Å². The zero-order chi connectivity index (χ0) is 15.2. The van der Waals surface area contributed by atoms with Crippen molar-refractivity contribution in [1.29, 1.82) is 0 Å². The van der Waals surface area contributed by atoms with E-state index in [0.717, 1.165) is 21.9 Å². The number of aryl methyl sites for hydroxylation is 1. The first-order chi connectivity index (χ1) is 10.1. The van der Waals surface area contributed by atoms with Gasteiger partial charge in [-0.05, 0) is 48.9 Å². The van der Waals surface area contributed by atoms with Crippen molar-refractivity contribution < 1.29 is 9.53 Å². The second-order valence-corrected chi connectivity index (χ2v) is 5.96. The van der Waals surface area contributed by atoms with E-state index in [1.165, 1.54) is 11.8 Å². The third-order valence-electron chi connectivity index (χ3n) is 2.90. The first-order valence-corrected chi connectivity index (χ1v) is 7.77. The van der Waals surface area contributed by atoms with E-state index >= 15 is 0 Å². The van der Waals surface area contributed by atoms with Gasteiger partial charge >= 0.3 is 0 Å². The third-order valence-corrected chi connectivity index (χ3v) is 4.15. The van der Waals surface area contributed by atoms with Crippen LogP contribution in [0.2, 0.25) is 5.02 Å². The van der Waals surface area contributed by atoms with Gasteiger partial charge < -0.3 is 10.1 Å². The quantitative estimate of drug-likeness (QED) is 0.830. The predicted molar refractivity (Wildman–Crippen MR) is 88.5 cm³/mol. The number of hydrogen-bond acceptors (Lipinski definition) is 3. The molecule has 0 radical (unpaired) electrons. The number of ether oxygens (including phenoxy) is 1. The highest BCUT2D eigenvalue weighted by Crippen LogP contribution is 2.23. The Labute approximate surface area is 133 Å². The SMILES string of the molecule is COc1ccc(SCC(=O)Nc2cc(Cl)ccc2C)cc1. The van der Waals surface area contributed by atoms with Crippen molar-refractivity contribution in [3.05, 3.63) is 53.1 Å². The molecule has 21 heavy (non-hydrogen) atoms. The van der Waals surface area contributed by atoms with Crippen LogP contribution in [0.1, 0.15) is 5.56 Å². The number of hydrogen-bond donors (Lipinski definition) is 1. The summed E-state index contributed by atoms with van der Waals surface area (Å²) in [5, 5.41) is 3.48. The number of halogens is 1. The van der Waals surface area contributed by atoms with Gasteiger partial charge in [-0.2, -0.15) is 0 Å². The summed E-state index contributed by atoms with van der Waals surface area (Å²) in [4.78, 5) is 13.0. The highest BCUT2D eigenvalue weighted by Gasteiger charge is 2.06. The Morgan fingerprint density at radius 3 is 2.62 bits per heavy atom. The van der Waals surface area contributed by atoms with Gasteiger partial charge in [0.1, 0.15) is 5.75 Å². The van der Waals surface area contributed by atoms with Crippen molar-refractivity contribution >= 4 is 35.0 Å². The number of thioether (sulfide) groups is 1. The number of carbonyl (C=O) groups excluding carboxylic acids is 1. The highest BCUT2D eigenvalue weighted by atomic mass is 35.5. The molecule has 0 saturated carbocycles.